The highest BCUT2D eigenvalue weighted by molar-refractivity contribution is 5.96. The molecule has 2 N–H and O–H groups in total. The molecule has 3 aliphatic rings. The summed E-state index contributed by atoms with van der Waals surface area (Å²) in [5, 5.41) is 0. The molecule has 1 amide bonds. The Kier molecular flexibility index (Phi) is 4.17. The normalized spacial score (nSPS) is 25.9. The lowest BCUT2D eigenvalue weighted by Crippen LogP contribution is -2.43. The number of aromatic nitrogens is 1. The summed E-state index contributed by atoms with van der Waals surface area (Å²) in [6, 6.07) is 2.36. The van der Waals surface area contributed by atoms with Crippen LogP contribution in [-0.2, 0) is 24.2 Å². The highest BCUT2D eigenvalue weighted by atomic mass is 16.5. The maximum absolute atomic E-state index is 13.3. The Morgan fingerprint density at radius 2 is 2.08 bits per heavy atom. The molecule has 0 radical (unpaired) electrons. The smallest absolute Gasteiger partial charge is 0.255 e. The average molecular weight is 331 g/mol. The molecule has 0 aliphatic carbocycles. The van der Waals surface area contributed by atoms with E-state index in [0.717, 1.165) is 63.2 Å². The third-order valence-electron chi connectivity index (χ3n) is 6.73. The van der Waals surface area contributed by atoms with E-state index < -0.39 is 0 Å². The number of fused-ring (bicyclic) bond motifs is 1. The minimum atomic E-state index is 0.219. The molecular weight excluding hydrogens is 302 g/mol. The second-order valence-corrected chi connectivity index (χ2v) is 7.71. The summed E-state index contributed by atoms with van der Waals surface area (Å²) >= 11 is 0. The average Bonchev–Trinajstić information content (AvgIpc) is 3.15. The lowest BCUT2D eigenvalue weighted by atomic mass is 9.74. The fourth-order valence-electron chi connectivity index (χ4n) is 5.07. The van der Waals surface area contributed by atoms with Crippen LogP contribution < -0.4 is 5.73 Å². The van der Waals surface area contributed by atoms with Gasteiger partial charge in [-0.15, -0.1) is 0 Å². The number of amides is 1. The Morgan fingerprint density at radius 3 is 2.83 bits per heavy atom. The summed E-state index contributed by atoms with van der Waals surface area (Å²) in [6.45, 7) is 6.31. The molecule has 0 saturated carbocycles. The minimum Gasteiger partial charge on any atom is -0.381 e. The molecule has 5 nitrogen and oxygen atoms in total. The van der Waals surface area contributed by atoms with Crippen LogP contribution >= 0.6 is 0 Å². The number of nitrogens with zero attached hydrogens (tertiary/aromatic N) is 2. The second-order valence-electron chi connectivity index (χ2n) is 7.71. The van der Waals surface area contributed by atoms with Gasteiger partial charge in [-0.1, -0.05) is 0 Å². The van der Waals surface area contributed by atoms with Gasteiger partial charge in [0.25, 0.3) is 5.91 Å². The predicted octanol–water partition coefficient (Wildman–Crippen LogP) is 2.31. The second kappa shape index (κ2) is 6.19. The van der Waals surface area contributed by atoms with Gasteiger partial charge in [-0.2, -0.15) is 0 Å². The van der Waals surface area contributed by atoms with E-state index in [0.29, 0.717) is 12.6 Å². The Labute approximate surface area is 144 Å². The van der Waals surface area contributed by atoms with Crippen molar-refractivity contribution in [2.24, 2.45) is 11.1 Å². The third kappa shape index (κ3) is 2.40. The number of hydrogen-bond acceptors (Lipinski definition) is 3. The Balaban J connectivity index is 1.61. The molecule has 24 heavy (non-hydrogen) atoms. The summed E-state index contributed by atoms with van der Waals surface area (Å²) in [5.41, 5.74) is 9.42. The van der Waals surface area contributed by atoms with E-state index in [4.69, 9.17) is 10.5 Å². The molecular formula is C19H29N3O2. The van der Waals surface area contributed by atoms with Gasteiger partial charge in [-0.3, -0.25) is 4.79 Å². The number of nitrogens with two attached hydrogens (primary N) is 1. The van der Waals surface area contributed by atoms with Crippen molar-refractivity contribution in [3.8, 4) is 0 Å². The quantitative estimate of drug-likeness (QED) is 0.905. The van der Waals surface area contributed by atoms with Gasteiger partial charge >= 0.3 is 0 Å². The molecule has 3 aliphatic heterocycles. The van der Waals surface area contributed by atoms with E-state index in [1.165, 1.54) is 18.5 Å². The molecule has 0 bridgehead atoms. The molecule has 1 spiro atoms. The molecule has 4 heterocycles. The van der Waals surface area contributed by atoms with Crippen LogP contribution in [0.25, 0.3) is 0 Å². The molecule has 132 valence electrons. The van der Waals surface area contributed by atoms with Crippen molar-refractivity contribution in [1.29, 1.82) is 0 Å². The highest BCUT2D eigenvalue weighted by Gasteiger charge is 2.47. The Morgan fingerprint density at radius 1 is 1.29 bits per heavy atom. The molecule has 1 aromatic heterocycles. The van der Waals surface area contributed by atoms with Crippen molar-refractivity contribution >= 4 is 5.91 Å². The van der Waals surface area contributed by atoms with Crippen molar-refractivity contribution in [1.82, 2.24) is 9.47 Å². The highest BCUT2D eigenvalue weighted by Crippen LogP contribution is 2.45. The summed E-state index contributed by atoms with van der Waals surface area (Å²) in [4.78, 5) is 15.4. The monoisotopic (exact) mass is 331 g/mol. The number of likely N-dealkylation sites (tertiary alicyclic amines) is 1. The van der Waals surface area contributed by atoms with Crippen molar-refractivity contribution < 1.29 is 9.53 Å². The molecule has 2 fully saturated rings. The summed E-state index contributed by atoms with van der Waals surface area (Å²) in [6.07, 6.45) is 6.64. The molecule has 1 unspecified atom stereocenters. The van der Waals surface area contributed by atoms with E-state index in [2.05, 4.69) is 22.5 Å². The number of carbonyl (C=O) groups excluding carboxylic acids is 1. The van der Waals surface area contributed by atoms with Crippen LogP contribution in [0.2, 0.25) is 0 Å². The minimum absolute atomic E-state index is 0.219. The zero-order valence-electron chi connectivity index (χ0n) is 14.7. The van der Waals surface area contributed by atoms with Gasteiger partial charge in [0.05, 0.1) is 5.56 Å². The Bertz CT molecular complexity index is 631. The van der Waals surface area contributed by atoms with Crippen molar-refractivity contribution in [2.45, 2.75) is 64.6 Å². The number of ether oxygens (including phenoxy) is 1. The Hall–Kier alpha value is -1.33. The molecule has 5 heteroatoms. The van der Waals surface area contributed by atoms with E-state index in [1.54, 1.807) is 0 Å². The topological polar surface area (TPSA) is 60.5 Å². The van der Waals surface area contributed by atoms with E-state index in [9.17, 15) is 4.79 Å². The summed E-state index contributed by atoms with van der Waals surface area (Å²) < 4.78 is 7.85. The van der Waals surface area contributed by atoms with Crippen LogP contribution in [0.3, 0.4) is 0 Å². The van der Waals surface area contributed by atoms with Crippen LogP contribution in [0.1, 0.15) is 60.8 Å². The van der Waals surface area contributed by atoms with Gasteiger partial charge in [0.15, 0.2) is 0 Å². The van der Waals surface area contributed by atoms with Crippen molar-refractivity contribution in [2.75, 3.05) is 19.8 Å². The lowest BCUT2D eigenvalue weighted by Gasteiger charge is -2.38. The van der Waals surface area contributed by atoms with Gasteiger partial charge in [-0.25, -0.2) is 0 Å². The lowest BCUT2D eigenvalue weighted by molar-refractivity contribution is 0.000154. The van der Waals surface area contributed by atoms with Crippen molar-refractivity contribution in [3.63, 3.8) is 0 Å². The van der Waals surface area contributed by atoms with Crippen LogP contribution in [0.4, 0.5) is 0 Å². The number of carbonyl (C=O) groups is 1. The number of rotatable bonds is 2. The van der Waals surface area contributed by atoms with Crippen molar-refractivity contribution in [3.05, 3.63) is 23.0 Å². The molecule has 0 aromatic carbocycles. The molecule has 2 saturated heterocycles. The van der Waals surface area contributed by atoms with Crippen LogP contribution in [-0.4, -0.2) is 41.2 Å². The zero-order chi connectivity index (χ0) is 16.7. The molecule has 1 aromatic rings. The predicted molar refractivity (Wildman–Crippen MR) is 92.9 cm³/mol. The maximum Gasteiger partial charge on any atom is 0.255 e. The standard InChI is InChI=1S/C19H29N3O2/c1-14-19(6-10-24-11-7-19)5-9-21(14)18(23)16-12-15(13-20)22-8-3-2-4-17(16)22/h12,14H,2-11,13,20H2,1H3. The SMILES string of the molecule is CC1N(C(=O)c2cc(CN)n3c2CCCC3)CCC12CCOCC2. The van der Waals surface area contributed by atoms with Gasteiger partial charge in [0, 0.05) is 50.3 Å². The summed E-state index contributed by atoms with van der Waals surface area (Å²) in [5.74, 6) is 0.219. The third-order valence-corrected chi connectivity index (χ3v) is 6.73. The van der Waals surface area contributed by atoms with Gasteiger partial charge in [0.2, 0.25) is 0 Å². The van der Waals surface area contributed by atoms with Crippen LogP contribution in [0, 0.1) is 5.41 Å². The van der Waals surface area contributed by atoms with Gasteiger partial charge in [0.1, 0.15) is 0 Å². The first kappa shape index (κ1) is 16.2. The zero-order valence-corrected chi connectivity index (χ0v) is 14.7. The molecule has 1 atom stereocenters. The van der Waals surface area contributed by atoms with E-state index in [-0.39, 0.29) is 11.3 Å². The van der Waals surface area contributed by atoms with E-state index >= 15 is 0 Å². The van der Waals surface area contributed by atoms with Gasteiger partial charge < -0.3 is 19.9 Å². The number of hydrogen-bond donors (Lipinski definition) is 1. The molecule has 4 rings (SSSR count). The largest absolute Gasteiger partial charge is 0.381 e. The van der Waals surface area contributed by atoms with Gasteiger partial charge in [-0.05, 0) is 56.9 Å². The fraction of sp³-hybridized carbons (Fsp3) is 0.737. The van der Waals surface area contributed by atoms with E-state index in [1.807, 2.05) is 0 Å². The first-order chi connectivity index (χ1) is 11.7. The fourth-order valence-corrected chi connectivity index (χ4v) is 5.07. The van der Waals surface area contributed by atoms with Crippen LogP contribution in [0.15, 0.2) is 6.07 Å². The first-order valence-electron chi connectivity index (χ1n) is 9.46. The van der Waals surface area contributed by atoms with Crippen LogP contribution in [0.5, 0.6) is 0 Å². The summed E-state index contributed by atoms with van der Waals surface area (Å²) in [7, 11) is 0. The maximum atomic E-state index is 13.3. The first-order valence-corrected chi connectivity index (χ1v) is 9.46.